The van der Waals surface area contributed by atoms with Gasteiger partial charge in [0.15, 0.2) is 0 Å². The fourth-order valence-corrected chi connectivity index (χ4v) is 4.10. The van der Waals surface area contributed by atoms with E-state index in [4.69, 9.17) is 5.11 Å². The number of aromatic nitrogens is 2. The molecular formula is C31H38F2N4O. The maximum Gasteiger partial charge on any atom is 0.137 e. The molecule has 3 heterocycles. The summed E-state index contributed by atoms with van der Waals surface area (Å²) in [5.74, 6) is -0.375. The highest BCUT2D eigenvalue weighted by molar-refractivity contribution is 5.96. The van der Waals surface area contributed by atoms with Crippen molar-refractivity contribution in [3.63, 3.8) is 0 Å². The fourth-order valence-electron chi connectivity index (χ4n) is 4.10. The Morgan fingerprint density at radius 2 is 1.82 bits per heavy atom. The molecule has 0 bridgehead atoms. The highest BCUT2D eigenvalue weighted by Gasteiger charge is 2.17. The highest BCUT2D eigenvalue weighted by Crippen LogP contribution is 2.33. The number of halogens is 2. The minimum absolute atomic E-state index is 0.116. The van der Waals surface area contributed by atoms with Crippen LogP contribution < -0.4 is 5.43 Å². The number of hydrogen-bond acceptors (Lipinski definition) is 4. The third-order valence-corrected chi connectivity index (χ3v) is 6.56. The van der Waals surface area contributed by atoms with Gasteiger partial charge in [-0.2, -0.15) is 0 Å². The molecule has 2 aromatic heterocycles. The molecule has 2 aromatic carbocycles. The minimum Gasteiger partial charge on any atom is -0.393 e. The third kappa shape index (κ3) is 7.57. The van der Waals surface area contributed by atoms with Gasteiger partial charge in [-0.05, 0) is 62.1 Å². The number of pyridine rings is 1. The highest BCUT2D eigenvalue weighted by atomic mass is 19.1. The summed E-state index contributed by atoms with van der Waals surface area (Å²) in [6.45, 7) is 12.4. The SMILES string of the molecule is C=C(c1c(F)cccc1F)c1c[nH]c2ncc(-c3ccccc3)cc12.CCC(C)O.CNN1CCC(C)C1. The first-order chi connectivity index (χ1) is 18.2. The summed E-state index contributed by atoms with van der Waals surface area (Å²) in [7, 11) is 1.98. The number of benzene rings is 2. The zero-order chi connectivity index (χ0) is 27.7. The van der Waals surface area contributed by atoms with Crippen molar-refractivity contribution in [2.75, 3.05) is 20.1 Å². The molecule has 0 amide bonds. The zero-order valence-electron chi connectivity index (χ0n) is 22.6. The molecule has 1 aliphatic heterocycles. The molecule has 7 heteroatoms. The molecule has 0 spiro atoms. The van der Waals surface area contributed by atoms with Crippen molar-refractivity contribution < 1.29 is 13.9 Å². The largest absolute Gasteiger partial charge is 0.393 e. The number of fused-ring (bicyclic) bond motifs is 1. The van der Waals surface area contributed by atoms with Gasteiger partial charge >= 0.3 is 0 Å². The number of nitrogens with zero attached hydrogens (tertiary/aromatic N) is 2. The number of aromatic amines is 1. The summed E-state index contributed by atoms with van der Waals surface area (Å²) in [6.07, 6.45) is 5.54. The number of hydrazine groups is 1. The molecule has 0 radical (unpaired) electrons. The Morgan fingerprint density at radius 1 is 1.16 bits per heavy atom. The Balaban J connectivity index is 0.000000254. The van der Waals surface area contributed by atoms with Crippen LogP contribution in [0.5, 0.6) is 0 Å². The fraction of sp³-hybridized carbons (Fsp3) is 0.323. The molecular weight excluding hydrogens is 482 g/mol. The second-order valence-electron chi connectivity index (χ2n) is 9.58. The van der Waals surface area contributed by atoms with E-state index in [0.29, 0.717) is 11.2 Å². The summed E-state index contributed by atoms with van der Waals surface area (Å²) in [5, 5.41) is 11.4. The topological polar surface area (TPSA) is 64.2 Å². The molecule has 3 N–H and O–H groups in total. The lowest BCUT2D eigenvalue weighted by atomic mass is 9.97. The van der Waals surface area contributed by atoms with Crippen molar-refractivity contribution in [2.24, 2.45) is 5.92 Å². The lowest BCUT2D eigenvalue weighted by Crippen LogP contribution is -2.32. The first-order valence-corrected chi connectivity index (χ1v) is 13.0. The second-order valence-corrected chi connectivity index (χ2v) is 9.58. The van der Waals surface area contributed by atoms with Gasteiger partial charge in [-0.1, -0.05) is 56.8 Å². The first-order valence-electron chi connectivity index (χ1n) is 13.0. The van der Waals surface area contributed by atoms with Gasteiger partial charge in [0.05, 0.1) is 11.7 Å². The Bertz CT molecular complexity index is 1300. The van der Waals surface area contributed by atoms with Crippen LogP contribution in [0, 0.1) is 17.6 Å². The van der Waals surface area contributed by atoms with Gasteiger partial charge in [0.1, 0.15) is 17.3 Å². The Kier molecular flexibility index (Phi) is 10.7. The number of aliphatic hydroxyl groups excluding tert-OH is 1. The normalized spacial score (nSPS) is 15.8. The van der Waals surface area contributed by atoms with Crippen LogP contribution in [0.4, 0.5) is 8.78 Å². The van der Waals surface area contributed by atoms with Crippen molar-refractivity contribution in [1.29, 1.82) is 0 Å². The maximum atomic E-state index is 14.1. The van der Waals surface area contributed by atoms with E-state index in [0.717, 1.165) is 28.9 Å². The van der Waals surface area contributed by atoms with Crippen molar-refractivity contribution in [2.45, 2.75) is 39.7 Å². The molecule has 38 heavy (non-hydrogen) atoms. The van der Waals surface area contributed by atoms with Crippen molar-refractivity contribution in [1.82, 2.24) is 20.4 Å². The van der Waals surface area contributed by atoms with Crippen LogP contribution in [0.25, 0.3) is 27.7 Å². The summed E-state index contributed by atoms with van der Waals surface area (Å²) in [6, 6.07) is 15.6. The minimum atomic E-state index is -0.633. The summed E-state index contributed by atoms with van der Waals surface area (Å²) in [5.41, 5.74) is 6.52. The number of aliphatic hydroxyl groups is 1. The Hall–Kier alpha value is -3.39. The van der Waals surface area contributed by atoms with Gasteiger partial charge < -0.3 is 10.1 Å². The second kappa shape index (κ2) is 14.0. The van der Waals surface area contributed by atoms with E-state index in [-0.39, 0.29) is 17.2 Å². The lowest BCUT2D eigenvalue weighted by Gasteiger charge is -2.11. The molecule has 0 saturated carbocycles. The standard InChI is InChI=1S/C21H14F2N2.C6H14N2.C4H10O/c1-13(20-18(22)8-5-9-19(20)23)17-12-25-21-16(17)10-15(11-24-21)14-6-3-2-4-7-14;1-6-3-4-8(5-6)7-2;1-3-4(2)5/h2-12H,1H2,(H,24,25);6-7H,3-5H2,1-2H3;4-5H,3H2,1-2H3. The number of hydrogen-bond donors (Lipinski definition) is 3. The quantitative estimate of drug-likeness (QED) is 0.271. The predicted octanol–water partition coefficient (Wildman–Crippen LogP) is 6.81. The van der Waals surface area contributed by atoms with E-state index in [9.17, 15) is 8.78 Å². The zero-order valence-corrected chi connectivity index (χ0v) is 22.6. The molecule has 1 fully saturated rings. The van der Waals surface area contributed by atoms with Gasteiger partial charge in [0, 0.05) is 42.0 Å². The van der Waals surface area contributed by atoms with Gasteiger partial charge in [-0.15, -0.1) is 0 Å². The van der Waals surface area contributed by atoms with Gasteiger partial charge in [0.2, 0.25) is 0 Å². The van der Waals surface area contributed by atoms with Crippen LogP contribution in [0.15, 0.2) is 73.6 Å². The molecule has 1 saturated heterocycles. The lowest BCUT2D eigenvalue weighted by molar-refractivity contribution is 0.191. The van der Waals surface area contributed by atoms with Crippen molar-refractivity contribution in [3.8, 4) is 11.1 Å². The summed E-state index contributed by atoms with van der Waals surface area (Å²) in [4.78, 5) is 7.45. The van der Waals surface area contributed by atoms with E-state index in [2.05, 4.69) is 33.9 Å². The van der Waals surface area contributed by atoms with Gasteiger partial charge in [-0.25, -0.2) is 18.8 Å². The van der Waals surface area contributed by atoms with Crippen LogP contribution in [-0.4, -0.2) is 46.3 Å². The van der Waals surface area contributed by atoms with E-state index in [1.54, 1.807) is 19.3 Å². The van der Waals surface area contributed by atoms with Crippen molar-refractivity contribution >= 4 is 16.6 Å². The van der Waals surface area contributed by atoms with E-state index < -0.39 is 11.6 Å². The molecule has 1 aliphatic rings. The Morgan fingerprint density at radius 3 is 2.34 bits per heavy atom. The predicted molar refractivity (Wildman–Crippen MR) is 152 cm³/mol. The average Bonchev–Trinajstić information content (AvgIpc) is 3.55. The van der Waals surface area contributed by atoms with E-state index >= 15 is 0 Å². The molecule has 2 unspecified atom stereocenters. The maximum absolute atomic E-state index is 14.1. The van der Waals surface area contributed by atoms with Crippen LogP contribution in [0.1, 0.15) is 44.7 Å². The van der Waals surface area contributed by atoms with Crippen LogP contribution in [0.3, 0.4) is 0 Å². The van der Waals surface area contributed by atoms with E-state index in [1.807, 2.05) is 50.4 Å². The smallest absolute Gasteiger partial charge is 0.137 e. The summed E-state index contributed by atoms with van der Waals surface area (Å²) >= 11 is 0. The molecule has 4 aromatic rings. The average molecular weight is 521 g/mol. The molecule has 0 aliphatic carbocycles. The summed E-state index contributed by atoms with van der Waals surface area (Å²) < 4.78 is 28.2. The first kappa shape index (κ1) is 29.2. The third-order valence-electron chi connectivity index (χ3n) is 6.56. The Labute approximate surface area is 224 Å². The van der Waals surface area contributed by atoms with E-state index in [1.165, 1.54) is 37.7 Å². The molecule has 202 valence electrons. The van der Waals surface area contributed by atoms with Gasteiger partial charge in [-0.3, -0.25) is 5.43 Å². The van der Waals surface area contributed by atoms with Crippen molar-refractivity contribution in [3.05, 3.63) is 96.3 Å². The van der Waals surface area contributed by atoms with Gasteiger partial charge in [0.25, 0.3) is 0 Å². The molecule has 2 atom stereocenters. The van der Waals surface area contributed by atoms with Crippen LogP contribution >= 0.6 is 0 Å². The number of nitrogens with one attached hydrogen (secondary N) is 2. The molecule has 5 rings (SSSR count). The number of H-pyrrole nitrogens is 1. The molecule has 5 nitrogen and oxygen atoms in total. The van der Waals surface area contributed by atoms with Crippen LogP contribution in [-0.2, 0) is 0 Å². The monoisotopic (exact) mass is 520 g/mol. The van der Waals surface area contributed by atoms with Crippen LogP contribution in [0.2, 0.25) is 0 Å². The number of rotatable bonds is 5.